The fourth-order valence-corrected chi connectivity index (χ4v) is 3.73. The maximum Gasteiger partial charge on any atom is 0.257 e. The number of nitrogens with one attached hydrogen (secondary N) is 1. The highest BCUT2D eigenvalue weighted by atomic mass is 32.2. The highest BCUT2D eigenvalue weighted by Crippen LogP contribution is 2.31. The summed E-state index contributed by atoms with van der Waals surface area (Å²) in [4.78, 5) is 4.44. The van der Waals surface area contributed by atoms with Gasteiger partial charge >= 0.3 is 0 Å². The molecular weight excluding hydrogens is 330 g/mol. The first-order valence-corrected chi connectivity index (χ1v) is 9.19. The number of anilines is 1. The summed E-state index contributed by atoms with van der Waals surface area (Å²) in [7, 11) is 0. The van der Waals surface area contributed by atoms with E-state index in [1.54, 1.807) is 23.1 Å². The number of aryl methyl sites for hydroxylation is 1. The molecule has 118 valence electrons. The normalized spacial score (nSPS) is 14.1. The molecule has 2 heterocycles. The lowest BCUT2D eigenvalue weighted by Crippen LogP contribution is -1.99. The fourth-order valence-electron chi connectivity index (χ4n) is 2.06. The Morgan fingerprint density at radius 2 is 2.26 bits per heavy atom. The summed E-state index contributed by atoms with van der Waals surface area (Å²) in [6.07, 6.45) is 2.46. The van der Waals surface area contributed by atoms with E-state index in [0.29, 0.717) is 23.5 Å². The molecule has 1 aromatic carbocycles. The van der Waals surface area contributed by atoms with E-state index in [4.69, 9.17) is 4.52 Å². The maximum absolute atomic E-state index is 5.34. The van der Waals surface area contributed by atoms with Crippen LogP contribution in [0.1, 0.15) is 24.2 Å². The Hall–Kier alpha value is -1.93. The highest BCUT2D eigenvalue weighted by molar-refractivity contribution is 8.00. The Balaban J connectivity index is 1.38. The van der Waals surface area contributed by atoms with E-state index >= 15 is 0 Å². The average Bonchev–Trinajstić information content (AvgIpc) is 3.06. The first-order chi connectivity index (χ1) is 11.3. The zero-order valence-electron chi connectivity index (χ0n) is 12.5. The van der Waals surface area contributed by atoms with Crippen LogP contribution in [0.3, 0.4) is 0 Å². The van der Waals surface area contributed by atoms with Crippen molar-refractivity contribution in [1.82, 2.24) is 20.3 Å². The first kappa shape index (κ1) is 14.6. The van der Waals surface area contributed by atoms with Crippen molar-refractivity contribution in [1.29, 1.82) is 0 Å². The third-order valence-corrected chi connectivity index (χ3v) is 5.35. The van der Waals surface area contributed by atoms with Crippen LogP contribution in [-0.2, 0) is 5.75 Å². The minimum absolute atomic E-state index is 0.553. The first-order valence-electron chi connectivity index (χ1n) is 7.39. The molecule has 1 aliphatic rings. The molecule has 0 radical (unpaired) electrons. The van der Waals surface area contributed by atoms with Crippen LogP contribution in [0.15, 0.2) is 33.1 Å². The molecule has 0 bridgehead atoms. The molecule has 0 saturated heterocycles. The Kier molecular flexibility index (Phi) is 4.00. The lowest BCUT2D eigenvalue weighted by Gasteiger charge is -1.95. The van der Waals surface area contributed by atoms with Crippen LogP contribution in [-0.4, -0.2) is 26.4 Å². The van der Waals surface area contributed by atoms with Crippen molar-refractivity contribution in [3.05, 3.63) is 35.7 Å². The van der Waals surface area contributed by atoms with E-state index in [2.05, 4.69) is 25.7 Å². The fraction of sp³-hybridized carbons (Fsp3) is 0.333. The van der Waals surface area contributed by atoms with Crippen molar-refractivity contribution in [2.75, 3.05) is 5.32 Å². The van der Waals surface area contributed by atoms with Gasteiger partial charge in [0, 0.05) is 11.6 Å². The van der Waals surface area contributed by atoms with Crippen molar-refractivity contribution in [2.24, 2.45) is 0 Å². The second-order valence-corrected chi connectivity index (χ2v) is 7.67. The SMILES string of the molecule is Cc1cccc(-c2nc(CSc3nnc(NC4CC4)s3)no2)c1. The maximum atomic E-state index is 5.34. The van der Waals surface area contributed by atoms with Gasteiger partial charge in [-0.2, -0.15) is 4.98 Å². The summed E-state index contributed by atoms with van der Waals surface area (Å²) < 4.78 is 6.25. The number of hydrogen-bond donors (Lipinski definition) is 1. The van der Waals surface area contributed by atoms with E-state index in [1.807, 2.05) is 31.2 Å². The van der Waals surface area contributed by atoms with Gasteiger partial charge in [0.05, 0.1) is 5.75 Å². The number of hydrogen-bond acceptors (Lipinski definition) is 8. The highest BCUT2D eigenvalue weighted by Gasteiger charge is 2.22. The van der Waals surface area contributed by atoms with E-state index in [0.717, 1.165) is 15.0 Å². The van der Waals surface area contributed by atoms with Gasteiger partial charge in [-0.05, 0) is 31.9 Å². The Bertz CT molecular complexity index is 812. The minimum Gasteiger partial charge on any atom is -0.357 e. The molecule has 0 atom stereocenters. The standard InChI is InChI=1S/C15H15N5OS2/c1-9-3-2-4-10(7-9)13-17-12(20-21-13)8-22-15-19-18-14(23-15)16-11-5-6-11/h2-4,7,11H,5-6,8H2,1H3,(H,16,18). The van der Waals surface area contributed by atoms with E-state index in [9.17, 15) is 0 Å². The van der Waals surface area contributed by atoms with E-state index in [1.165, 1.54) is 18.4 Å². The average molecular weight is 345 g/mol. The van der Waals surface area contributed by atoms with Crippen LogP contribution in [0, 0.1) is 6.92 Å². The van der Waals surface area contributed by atoms with Gasteiger partial charge in [0.1, 0.15) is 0 Å². The zero-order valence-corrected chi connectivity index (χ0v) is 14.2. The van der Waals surface area contributed by atoms with Gasteiger partial charge in [-0.25, -0.2) is 0 Å². The smallest absolute Gasteiger partial charge is 0.257 e. The number of aromatic nitrogens is 4. The topological polar surface area (TPSA) is 76.7 Å². The predicted molar refractivity (Wildman–Crippen MR) is 90.6 cm³/mol. The number of benzene rings is 1. The number of nitrogens with zero attached hydrogens (tertiary/aromatic N) is 4. The van der Waals surface area contributed by atoms with Crippen molar-refractivity contribution in [3.8, 4) is 11.5 Å². The molecule has 1 aliphatic carbocycles. The second-order valence-electron chi connectivity index (χ2n) is 5.47. The summed E-state index contributed by atoms with van der Waals surface area (Å²) in [5, 5.41) is 16.6. The molecule has 0 amide bonds. The molecule has 1 fully saturated rings. The van der Waals surface area contributed by atoms with Crippen LogP contribution in [0.25, 0.3) is 11.5 Å². The second kappa shape index (κ2) is 6.29. The number of rotatable bonds is 6. The van der Waals surface area contributed by atoms with Gasteiger partial charge in [0.25, 0.3) is 5.89 Å². The molecule has 1 N–H and O–H groups in total. The predicted octanol–water partition coefficient (Wildman–Crippen LogP) is 3.76. The summed E-state index contributed by atoms with van der Waals surface area (Å²) in [5.74, 6) is 1.84. The van der Waals surface area contributed by atoms with Gasteiger partial charge < -0.3 is 9.84 Å². The largest absolute Gasteiger partial charge is 0.357 e. The number of thioether (sulfide) groups is 1. The third-order valence-electron chi connectivity index (χ3n) is 3.37. The molecule has 2 aromatic heterocycles. The summed E-state index contributed by atoms with van der Waals surface area (Å²) in [6, 6.07) is 8.62. The van der Waals surface area contributed by atoms with Crippen LogP contribution >= 0.6 is 23.1 Å². The van der Waals surface area contributed by atoms with Crippen molar-refractivity contribution >= 4 is 28.2 Å². The third kappa shape index (κ3) is 3.70. The van der Waals surface area contributed by atoms with Crippen LogP contribution in [0.5, 0.6) is 0 Å². The molecule has 23 heavy (non-hydrogen) atoms. The quantitative estimate of drug-likeness (QED) is 0.682. The Morgan fingerprint density at radius 3 is 3.09 bits per heavy atom. The minimum atomic E-state index is 0.553. The molecule has 0 unspecified atom stereocenters. The molecule has 1 saturated carbocycles. The van der Waals surface area contributed by atoms with Gasteiger partial charge in [0.2, 0.25) is 5.13 Å². The molecule has 4 rings (SSSR count). The van der Waals surface area contributed by atoms with Crippen molar-refractivity contribution in [2.45, 2.75) is 35.9 Å². The molecule has 0 aliphatic heterocycles. The van der Waals surface area contributed by atoms with Gasteiger partial charge in [-0.3, -0.25) is 0 Å². The van der Waals surface area contributed by atoms with Crippen LogP contribution < -0.4 is 5.32 Å². The van der Waals surface area contributed by atoms with Gasteiger partial charge in [-0.1, -0.05) is 46.0 Å². The summed E-state index contributed by atoms with van der Waals surface area (Å²) in [6.45, 7) is 2.04. The molecule has 8 heteroatoms. The molecule has 0 spiro atoms. The molecule has 3 aromatic rings. The van der Waals surface area contributed by atoms with Crippen molar-refractivity contribution in [3.63, 3.8) is 0 Å². The van der Waals surface area contributed by atoms with Gasteiger partial charge in [-0.15, -0.1) is 10.2 Å². The van der Waals surface area contributed by atoms with Crippen molar-refractivity contribution < 1.29 is 4.52 Å². The zero-order chi connectivity index (χ0) is 15.6. The summed E-state index contributed by atoms with van der Waals surface area (Å²) >= 11 is 3.14. The lowest BCUT2D eigenvalue weighted by molar-refractivity contribution is 0.425. The summed E-state index contributed by atoms with van der Waals surface area (Å²) in [5.41, 5.74) is 2.11. The lowest BCUT2D eigenvalue weighted by atomic mass is 10.1. The monoisotopic (exact) mass is 345 g/mol. The van der Waals surface area contributed by atoms with Crippen LogP contribution in [0.4, 0.5) is 5.13 Å². The van der Waals surface area contributed by atoms with E-state index in [-0.39, 0.29) is 0 Å². The van der Waals surface area contributed by atoms with Gasteiger partial charge in [0.15, 0.2) is 10.2 Å². The van der Waals surface area contributed by atoms with Crippen LogP contribution in [0.2, 0.25) is 0 Å². The Morgan fingerprint density at radius 1 is 1.35 bits per heavy atom. The molecule has 6 nitrogen and oxygen atoms in total. The van der Waals surface area contributed by atoms with E-state index < -0.39 is 0 Å². The molecular formula is C15H15N5OS2. The Labute approximate surface area is 141 Å².